The quantitative estimate of drug-likeness (QED) is 0.679. The lowest BCUT2D eigenvalue weighted by Crippen LogP contribution is -2.20. The molecule has 0 atom stereocenters. The summed E-state index contributed by atoms with van der Waals surface area (Å²) in [5.74, 6) is 0.306. The molecule has 0 radical (unpaired) electrons. The molecule has 0 saturated carbocycles. The molecule has 0 aliphatic rings. The maximum absolute atomic E-state index is 11.6. The van der Waals surface area contributed by atoms with Gasteiger partial charge in [0.25, 0.3) is 5.91 Å². The molecule has 100 valence electrons. The van der Waals surface area contributed by atoms with Gasteiger partial charge < -0.3 is 4.74 Å². The van der Waals surface area contributed by atoms with Gasteiger partial charge in [0.1, 0.15) is 5.75 Å². The van der Waals surface area contributed by atoms with Crippen LogP contribution >= 0.6 is 34.7 Å². The van der Waals surface area contributed by atoms with Gasteiger partial charge >= 0.3 is 0 Å². The Kier molecular flexibility index (Phi) is 5.00. The lowest BCUT2D eigenvalue weighted by molar-refractivity contribution is -0.118. The van der Waals surface area contributed by atoms with Crippen LogP contribution in [0.4, 0.5) is 5.13 Å². The summed E-state index contributed by atoms with van der Waals surface area (Å²) in [6.07, 6.45) is 1.90. The molecule has 0 saturated heterocycles. The van der Waals surface area contributed by atoms with Gasteiger partial charge in [-0.05, 0) is 30.5 Å². The van der Waals surface area contributed by atoms with Crippen molar-refractivity contribution in [3.63, 3.8) is 0 Å². The number of amides is 1. The Balaban J connectivity index is 1.82. The molecule has 2 rings (SSSR count). The number of carbonyl (C=O) groups is 1. The van der Waals surface area contributed by atoms with E-state index in [-0.39, 0.29) is 12.5 Å². The van der Waals surface area contributed by atoms with Gasteiger partial charge in [-0.1, -0.05) is 34.7 Å². The molecular formula is C11H10ClN3O2S2. The van der Waals surface area contributed by atoms with Gasteiger partial charge in [0.05, 0.1) is 0 Å². The maximum Gasteiger partial charge on any atom is 0.264 e. The monoisotopic (exact) mass is 315 g/mol. The molecule has 1 amide bonds. The van der Waals surface area contributed by atoms with E-state index in [1.54, 1.807) is 24.3 Å². The number of rotatable bonds is 5. The zero-order valence-electron chi connectivity index (χ0n) is 9.92. The summed E-state index contributed by atoms with van der Waals surface area (Å²) in [6.45, 7) is -0.0875. The Morgan fingerprint density at radius 2 is 2.16 bits per heavy atom. The Labute approximate surface area is 123 Å². The molecule has 0 unspecified atom stereocenters. The summed E-state index contributed by atoms with van der Waals surface area (Å²) >= 11 is 8.55. The minimum Gasteiger partial charge on any atom is -0.484 e. The highest BCUT2D eigenvalue weighted by Gasteiger charge is 2.08. The van der Waals surface area contributed by atoms with Crippen molar-refractivity contribution in [2.75, 3.05) is 18.2 Å². The number of benzene rings is 1. The molecule has 0 aliphatic carbocycles. The van der Waals surface area contributed by atoms with Crippen LogP contribution in [0, 0.1) is 0 Å². The van der Waals surface area contributed by atoms with Crippen molar-refractivity contribution in [3.8, 4) is 5.75 Å². The van der Waals surface area contributed by atoms with Gasteiger partial charge in [0.2, 0.25) is 5.13 Å². The first-order valence-electron chi connectivity index (χ1n) is 5.23. The Bertz CT molecular complexity index is 559. The number of hydrogen-bond donors (Lipinski definition) is 1. The summed E-state index contributed by atoms with van der Waals surface area (Å²) in [5.41, 5.74) is 0. The van der Waals surface area contributed by atoms with Crippen LogP contribution in [0.5, 0.6) is 5.75 Å². The Morgan fingerprint density at radius 1 is 1.42 bits per heavy atom. The van der Waals surface area contributed by atoms with Crippen LogP contribution in [-0.2, 0) is 4.79 Å². The third-order valence-corrected chi connectivity index (χ3v) is 4.08. The number of carbonyl (C=O) groups excluding carboxylic acids is 1. The van der Waals surface area contributed by atoms with E-state index < -0.39 is 0 Å². The lowest BCUT2D eigenvalue weighted by Gasteiger charge is -2.05. The van der Waals surface area contributed by atoms with E-state index in [1.165, 1.54) is 23.1 Å². The van der Waals surface area contributed by atoms with E-state index in [2.05, 4.69) is 15.5 Å². The number of ether oxygens (including phenoxy) is 1. The van der Waals surface area contributed by atoms with Crippen molar-refractivity contribution < 1.29 is 9.53 Å². The van der Waals surface area contributed by atoms with Crippen LogP contribution in [-0.4, -0.2) is 29.0 Å². The van der Waals surface area contributed by atoms with Gasteiger partial charge in [-0.15, -0.1) is 10.2 Å². The number of aromatic nitrogens is 2. The van der Waals surface area contributed by atoms with Gasteiger partial charge in [-0.2, -0.15) is 0 Å². The second-order valence-electron chi connectivity index (χ2n) is 3.37. The molecule has 5 nitrogen and oxygen atoms in total. The summed E-state index contributed by atoms with van der Waals surface area (Å²) in [6, 6.07) is 6.80. The highest BCUT2D eigenvalue weighted by Crippen LogP contribution is 2.23. The SMILES string of the molecule is CSc1nnc(NC(=O)COc2ccc(Cl)cc2)s1. The van der Waals surface area contributed by atoms with Crippen LogP contribution < -0.4 is 10.1 Å². The third kappa shape index (κ3) is 4.38. The van der Waals surface area contributed by atoms with Crippen LogP contribution in [0.3, 0.4) is 0 Å². The second kappa shape index (κ2) is 6.74. The van der Waals surface area contributed by atoms with Gasteiger partial charge in [-0.25, -0.2) is 0 Å². The number of halogens is 1. The Morgan fingerprint density at radius 3 is 2.79 bits per heavy atom. The van der Waals surface area contributed by atoms with Crippen molar-refractivity contribution in [3.05, 3.63) is 29.3 Å². The van der Waals surface area contributed by atoms with E-state index in [4.69, 9.17) is 16.3 Å². The summed E-state index contributed by atoms with van der Waals surface area (Å²) < 4.78 is 6.11. The van der Waals surface area contributed by atoms with Crippen molar-refractivity contribution >= 4 is 45.7 Å². The molecule has 2 aromatic rings. The molecule has 1 N–H and O–H groups in total. The van der Waals surface area contributed by atoms with Crippen molar-refractivity contribution in [2.24, 2.45) is 0 Å². The number of anilines is 1. The fraction of sp³-hybridized carbons (Fsp3) is 0.182. The second-order valence-corrected chi connectivity index (χ2v) is 5.84. The summed E-state index contributed by atoms with van der Waals surface area (Å²) in [4.78, 5) is 11.6. The number of hydrogen-bond acceptors (Lipinski definition) is 6. The van der Waals surface area contributed by atoms with Gasteiger partial charge in [0.15, 0.2) is 10.9 Å². The van der Waals surface area contributed by atoms with E-state index in [0.717, 1.165) is 4.34 Å². The average Bonchev–Trinajstić information content (AvgIpc) is 2.86. The van der Waals surface area contributed by atoms with Crippen LogP contribution in [0.2, 0.25) is 5.02 Å². The van der Waals surface area contributed by atoms with Crippen LogP contribution in [0.15, 0.2) is 28.6 Å². The summed E-state index contributed by atoms with van der Waals surface area (Å²) in [7, 11) is 0. The van der Waals surface area contributed by atoms with Crippen molar-refractivity contribution in [2.45, 2.75) is 4.34 Å². The number of nitrogens with one attached hydrogen (secondary N) is 1. The van der Waals surface area contributed by atoms with E-state index in [1.807, 2.05) is 6.26 Å². The topological polar surface area (TPSA) is 64.1 Å². The van der Waals surface area contributed by atoms with Crippen molar-refractivity contribution in [1.82, 2.24) is 10.2 Å². The largest absolute Gasteiger partial charge is 0.484 e. The smallest absolute Gasteiger partial charge is 0.264 e. The van der Waals surface area contributed by atoms with Crippen LogP contribution in [0.1, 0.15) is 0 Å². The molecule has 0 bridgehead atoms. The van der Waals surface area contributed by atoms with Gasteiger partial charge in [-0.3, -0.25) is 10.1 Å². The highest BCUT2D eigenvalue weighted by molar-refractivity contribution is 8.00. The maximum atomic E-state index is 11.6. The molecule has 0 aliphatic heterocycles. The minimum absolute atomic E-state index is 0.0875. The molecular weight excluding hydrogens is 306 g/mol. The number of thioether (sulfide) groups is 1. The minimum atomic E-state index is -0.279. The van der Waals surface area contributed by atoms with Crippen molar-refractivity contribution in [1.29, 1.82) is 0 Å². The van der Waals surface area contributed by atoms with E-state index >= 15 is 0 Å². The summed E-state index contributed by atoms with van der Waals surface area (Å²) in [5, 5.41) is 11.4. The Hall–Kier alpha value is -1.31. The van der Waals surface area contributed by atoms with Crippen LogP contribution in [0.25, 0.3) is 0 Å². The van der Waals surface area contributed by atoms with E-state index in [9.17, 15) is 4.79 Å². The molecule has 1 aromatic heterocycles. The number of nitrogens with zero attached hydrogens (tertiary/aromatic N) is 2. The molecule has 8 heteroatoms. The zero-order chi connectivity index (χ0) is 13.7. The average molecular weight is 316 g/mol. The third-order valence-electron chi connectivity index (χ3n) is 2.01. The highest BCUT2D eigenvalue weighted by atomic mass is 35.5. The lowest BCUT2D eigenvalue weighted by atomic mass is 10.3. The zero-order valence-corrected chi connectivity index (χ0v) is 12.3. The first-order chi connectivity index (χ1) is 9.17. The molecule has 1 aromatic carbocycles. The first kappa shape index (κ1) is 14.1. The normalized spacial score (nSPS) is 10.2. The fourth-order valence-electron chi connectivity index (χ4n) is 1.18. The molecule has 19 heavy (non-hydrogen) atoms. The molecule has 1 heterocycles. The molecule has 0 fully saturated rings. The van der Waals surface area contributed by atoms with Gasteiger partial charge in [0, 0.05) is 5.02 Å². The fourth-order valence-corrected chi connectivity index (χ4v) is 2.49. The standard InChI is InChI=1S/C11H10ClN3O2S2/c1-18-11-15-14-10(19-11)13-9(16)6-17-8-4-2-7(12)3-5-8/h2-5H,6H2,1H3,(H,13,14,16). The first-order valence-corrected chi connectivity index (χ1v) is 7.65. The predicted molar refractivity (Wildman–Crippen MR) is 77.3 cm³/mol. The van der Waals surface area contributed by atoms with E-state index in [0.29, 0.717) is 15.9 Å². The predicted octanol–water partition coefficient (Wildman–Crippen LogP) is 2.93. The molecule has 0 spiro atoms.